The number of nitrogens with zero attached hydrogens (tertiary/aromatic N) is 1. The Hall–Kier alpha value is -2.88. The Kier molecular flexibility index (Phi) is 4.47. The van der Waals surface area contributed by atoms with Crippen LogP contribution in [0.1, 0.15) is 41.4 Å². The number of fused-ring (bicyclic) bond motifs is 1. The summed E-state index contributed by atoms with van der Waals surface area (Å²) in [5, 5.41) is 1.05. The first-order valence-electron chi connectivity index (χ1n) is 7.92. The highest BCUT2D eigenvalue weighted by Gasteiger charge is 2.13. The predicted molar refractivity (Wildman–Crippen MR) is 96.5 cm³/mol. The molecule has 4 heteroatoms. The van der Waals surface area contributed by atoms with E-state index in [0.717, 1.165) is 27.9 Å². The largest absolute Gasteiger partial charge is 0.497 e. The lowest BCUT2D eigenvalue weighted by molar-refractivity contribution is 0.104. The van der Waals surface area contributed by atoms with Crippen LogP contribution in [0.4, 0.5) is 0 Å². The maximum absolute atomic E-state index is 12.3. The van der Waals surface area contributed by atoms with E-state index >= 15 is 0 Å². The summed E-state index contributed by atoms with van der Waals surface area (Å²) in [6.45, 7) is 4.26. The van der Waals surface area contributed by atoms with Gasteiger partial charge in [-0.15, -0.1) is 0 Å². The van der Waals surface area contributed by atoms with Gasteiger partial charge in [-0.3, -0.25) is 9.78 Å². The first-order chi connectivity index (χ1) is 11.6. The van der Waals surface area contributed by atoms with Crippen LogP contribution in [0.5, 0.6) is 5.75 Å². The second kappa shape index (κ2) is 6.71. The Labute approximate surface area is 141 Å². The second-order valence-corrected chi connectivity index (χ2v) is 5.95. The van der Waals surface area contributed by atoms with Gasteiger partial charge in [0.1, 0.15) is 5.75 Å². The number of H-pyrrole nitrogens is 1. The molecule has 0 unspecified atom stereocenters. The molecule has 2 aromatic heterocycles. The molecule has 0 fully saturated rings. The number of nitrogens with one attached hydrogen (secondary N) is 1. The van der Waals surface area contributed by atoms with Crippen LogP contribution in [-0.4, -0.2) is 22.9 Å². The highest BCUT2D eigenvalue weighted by atomic mass is 16.5. The number of benzene rings is 1. The minimum Gasteiger partial charge on any atom is -0.497 e. The van der Waals surface area contributed by atoms with Gasteiger partial charge >= 0.3 is 0 Å². The summed E-state index contributed by atoms with van der Waals surface area (Å²) in [5.41, 5.74) is 3.80. The summed E-state index contributed by atoms with van der Waals surface area (Å²) in [5.74, 6) is 1.08. The molecule has 2 heterocycles. The van der Waals surface area contributed by atoms with E-state index in [0.29, 0.717) is 11.5 Å². The van der Waals surface area contributed by atoms with Gasteiger partial charge in [0.05, 0.1) is 7.11 Å². The highest BCUT2D eigenvalue weighted by Crippen LogP contribution is 2.31. The van der Waals surface area contributed by atoms with Crippen LogP contribution < -0.4 is 4.74 Å². The van der Waals surface area contributed by atoms with Gasteiger partial charge < -0.3 is 9.72 Å². The van der Waals surface area contributed by atoms with Crippen LogP contribution in [0, 0.1) is 0 Å². The first-order valence-corrected chi connectivity index (χ1v) is 7.92. The molecular weight excluding hydrogens is 300 g/mol. The number of ketones is 1. The van der Waals surface area contributed by atoms with Crippen molar-refractivity contribution < 1.29 is 9.53 Å². The lowest BCUT2D eigenvalue weighted by Crippen LogP contribution is -1.95. The van der Waals surface area contributed by atoms with Gasteiger partial charge in [-0.2, -0.15) is 0 Å². The Morgan fingerprint density at radius 2 is 1.96 bits per heavy atom. The molecule has 3 rings (SSSR count). The number of methoxy groups -OCH3 is 1. The van der Waals surface area contributed by atoms with E-state index in [1.54, 1.807) is 37.7 Å². The average Bonchev–Trinajstić information content (AvgIpc) is 2.98. The van der Waals surface area contributed by atoms with Crippen LogP contribution in [0.15, 0.2) is 48.8 Å². The summed E-state index contributed by atoms with van der Waals surface area (Å²) < 4.78 is 5.33. The van der Waals surface area contributed by atoms with E-state index in [1.807, 2.05) is 24.3 Å². The van der Waals surface area contributed by atoms with Gasteiger partial charge in [0, 0.05) is 40.1 Å². The molecule has 0 saturated heterocycles. The summed E-state index contributed by atoms with van der Waals surface area (Å²) in [7, 11) is 1.65. The molecule has 122 valence electrons. The second-order valence-electron chi connectivity index (χ2n) is 5.95. The number of rotatable bonds is 5. The molecule has 3 aromatic rings. The lowest BCUT2D eigenvalue weighted by atomic mass is 10.0. The monoisotopic (exact) mass is 320 g/mol. The van der Waals surface area contributed by atoms with Crippen molar-refractivity contribution in [2.24, 2.45) is 0 Å². The third-order valence-electron chi connectivity index (χ3n) is 4.02. The third kappa shape index (κ3) is 3.08. The predicted octanol–water partition coefficient (Wildman–Crippen LogP) is 4.59. The maximum Gasteiger partial charge on any atom is 0.185 e. The van der Waals surface area contributed by atoms with Gasteiger partial charge in [-0.1, -0.05) is 13.8 Å². The number of pyridine rings is 1. The van der Waals surface area contributed by atoms with E-state index in [4.69, 9.17) is 4.74 Å². The number of hydrogen-bond donors (Lipinski definition) is 1. The molecule has 0 aliphatic heterocycles. The highest BCUT2D eigenvalue weighted by molar-refractivity contribution is 6.08. The van der Waals surface area contributed by atoms with Crippen LogP contribution in [0.25, 0.3) is 17.0 Å². The smallest absolute Gasteiger partial charge is 0.185 e. The van der Waals surface area contributed by atoms with Crippen molar-refractivity contribution in [2.45, 2.75) is 19.8 Å². The molecule has 24 heavy (non-hydrogen) atoms. The quantitative estimate of drug-likeness (QED) is 0.552. The topological polar surface area (TPSA) is 55.0 Å². The van der Waals surface area contributed by atoms with Gasteiger partial charge in [0.2, 0.25) is 0 Å². The zero-order chi connectivity index (χ0) is 17.1. The van der Waals surface area contributed by atoms with E-state index < -0.39 is 0 Å². The van der Waals surface area contributed by atoms with Crippen molar-refractivity contribution in [3.8, 4) is 5.75 Å². The third-order valence-corrected chi connectivity index (χ3v) is 4.02. The van der Waals surface area contributed by atoms with Gasteiger partial charge in [-0.05, 0) is 48.4 Å². The number of aromatic nitrogens is 2. The number of hydrogen-bond acceptors (Lipinski definition) is 3. The van der Waals surface area contributed by atoms with Crippen molar-refractivity contribution in [2.75, 3.05) is 7.11 Å². The Morgan fingerprint density at radius 3 is 2.62 bits per heavy atom. The standard InChI is InChI=1S/C20H20N2O2/c1-13(2)20-16(5-7-19(23)14-8-10-21-11-9-14)17-12-15(24-3)4-6-18(17)22-20/h4-13,22H,1-3H3/b7-5+. The number of ether oxygens (including phenoxy) is 1. The fourth-order valence-corrected chi connectivity index (χ4v) is 2.75. The average molecular weight is 320 g/mol. The minimum atomic E-state index is -0.0376. The molecule has 4 nitrogen and oxygen atoms in total. The zero-order valence-corrected chi connectivity index (χ0v) is 14.0. The molecule has 0 amide bonds. The number of carbonyl (C=O) groups excluding carboxylic acids is 1. The number of carbonyl (C=O) groups is 1. The van der Waals surface area contributed by atoms with Crippen molar-refractivity contribution in [3.05, 3.63) is 65.6 Å². The molecule has 0 saturated carbocycles. The summed E-state index contributed by atoms with van der Waals surface area (Å²) in [6, 6.07) is 9.36. The molecule has 0 aliphatic carbocycles. The number of aromatic amines is 1. The molecule has 0 bridgehead atoms. The van der Waals surface area contributed by atoms with Crippen molar-refractivity contribution in [3.63, 3.8) is 0 Å². The molecular formula is C20H20N2O2. The van der Waals surface area contributed by atoms with Crippen LogP contribution in [-0.2, 0) is 0 Å². The van der Waals surface area contributed by atoms with E-state index in [1.165, 1.54) is 0 Å². The molecule has 0 atom stereocenters. The van der Waals surface area contributed by atoms with Crippen LogP contribution in [0.3, 0.4) is 0 Å². The fourth-order valence-electron chi connectivity index (χ4n) is 2.75. The number of allylic oxidation sites excluding steroid dienone is 1. The molecule has 0 spiro atoms. The molecule has 0 radical (unpaired) electrons. The zero-order valence-electron chi connectivity index (χ0n) is 14.0. The van der Waals surface area contributed by atoms with Gasteiger partial charge in [-0.25, -0.2) is 0 Å². The maximum atomic E-state index is 12.3. The Bertz CT molecular complexity index is 893. The molecule has 1 aromatic carbocycles. The van der Waals surface area contributed by atoms with E-state index in [-0.39, 0.29) is 5.78 Å². The summed E-state index contributed by atoms with van der Waals surface area (Å²) >= 11 is 0. The molecule has 0 aliphatic rings. The van der Waals surface area contributed by atoms with Crippen molar-refractivity contribution >= 4 is 22.8 Å². The SMILES string of the molecule is COc1ccc2[nH]c(C(C)C)c(/C=C/C(=O)c3ccncc3)c2c1. The van der Waals surface area contributed by atoms with Gasteiger partial charge in [0.15, 0.2) is 5.78 Å². The molecule has 1 N–H and O–H groups in total. The Balaban J connectivity index is 2.05. The Morgan fingerprint density at radius 1 is 1.21 bits per heavy atom. The fraction of sp³-hybridized carbons (Fsp3) is 0.200. The minimum absolute atomic E-state index is 0.0376. The first kappa shape index (κ1) is 16.0. The van der Waals surface area contributed by atoms with E-state index in [9.17, 15) is 4.79 Å². The van der Waals surface area contributed by atoms with Crippen molar-refractivity contribution in [1.82, 2.24) is 9.97 Å². The van der Waals surface area contributed by atoms with E-state index in [2.05, 4.69) is 23.8 Å². The van der Waals surface area contributed by atoms with Crippen LogP contribution in [0.2, 0.25) is 0 Å². The van der Waals surface area contributed by atoms with Crippen LogP contribution >= 0.6 is 0 Å². The lowest BCUT2D eigenvalue weighted by Gasteiger charge is -2.04. The summed E-state index contributed by atoms with van der Waals surface area (Å²) in [6.07, 6.45) is 6.74. The normalized spacial score (nSPS) is 11.5. The van der Waals surface area contributed by atoms with Gasteiger partial charge in [0.25, 0.3) is 0 Å². The van der Waals surface area contributed by atoms with Crippen molar-refractivity contribution in [1.29, 1.82) is 0 Å². The summed E-state index contributed by atoms with van der Waals surface area (Å²) in [4.78, 5) is 19.7.